The number of nitrogens with zero attached hydrogens (tertiary/aromatic N) is 2. The van der Waals surface area contributed by atoms with Crippen LogP contribution in [0.5, 0.6) is 0 Å². The van der Waals surface area contributed by atoms with Gasteiger partial charge in [-0.15, -0.1) is 0 Å². The SMILES string of the molecule is Cc1ccccc1C1NC(C)C(=O)N1C1CCCN(C)C1. The molecule has 0 radical (unpaired) electrons. The van der Waals surface area contributed by atoms with Crippen molar-refractivity contribution in [1.29, 1.82) is 0 Å². The van der Waals surface area contributed by atoms with Crippen LogP contribution in [0.3, 0.4) is 0 Å². The molecule has 0 saturated carbocycles. The van der Waals surface area contributed by atoms with Gasteiger partial charge in [0.05, 0.1) is 6.04 Å². The van der Waals surface area contributed by atoms with E-state index in [2.05, 4.69) is 53.4 Å². The van der Waals surface area contributed by atoms with Gasteiger partial charge >= 0.3 is 0 Å². The lowest BCUT2D eigenvalue weighted by molar-refractivity contribution is -0.133. The van der Waals surface area contributed by atoms with E-state index in [4.69, 9.17) is 0 Å². The summed E-state index contributed by atoms with van der Waals surface area (Å²) in [6, 6.07) is 8.59. The Balaban J connectivity index is 1.91. The summed E-state index contributed by atoms with van der Waals surface area (Å²) >= 11 is 0. The monoisotopic (exact) mass is 287 g/mol. The van der Waals surface area contributed by atoms with Crippen molar-refractivity contribution in [2.75, 3.05) is 20.1 Å². The summed E-state index contributed by atoms with van der Waals surface area (Å²) in [5, 5.41) is 3.48. The van der Waals surface area contributed by atoms with Crippen LogP contribution in [0.1, 0.15) is 37.1 Å². The molecule has 3 unspecified atom stereocenters. The van der Waals surface area contributed by atoms with Crippen LogP contribution < -0.4 is 5.32 Å². The van der Waals surface area contributed by atoms with E-state index in [1.54, 1.807) is 0 Å². The number of carbonyl (C=O) groups excluding carboxylic acids is 1. The first-order chi connectivity index (χ1) is 10.1. The first kappa shape index (κ1) is 14.5. The molecule has 3 rings (SSSR count). The quantitative estimate of drug-likeness (QED) is 0.902. The highest BCUT2D eigenvalue weighted by Gasteiger charge is 2.42. The highest BCUT2D eigenvalue weighted by molar-refractivity contribution is 5.84. The van der Waals surface area contributed by atoms with Crippen LogP contribution in [0.2, 0.25) is 0 Å². The molecule has 1 amide bonds. The van der Waals surface area contributed by atoms with Gasteiger partial charge in [0, 0.05) is 12.6 Å². The third-order valence-electron chi connectivity index (χ3n) is 4.79. The molecule has 4 heteroatoms. The van der Waals surface area contributed by atoms with Crippen LogP contribution in [-0.2, 0) is 4.79 Å². The number of carbonyl (C=O) groups is 1. The molecule has 0 bridgehead atoms. The first-order valence-electron chi connectivity index (χ1n) is 7.90. The Morgan fingerprint density at radius 1 is 1.29 bits per heavy atom. The second kappa shape index (κ2) is 5.78. The van der Waals surface area contributed by atoms with Gasteiger partial charge in [0.2, 0.25) is 5.91 Å². The fraction of sp³-hybridized carbons (Fsp3) is 0.588. The maximum Gasteiger partial charge on any atom is 0.241 e. The molecule has 3 atom stereocenters. The van der Waals surface area contributed by atoms with Gasteiger partial charge in [-0.05, 0) is 51.4 Å². The van der Waals surface area contributed by atoms with Crippen molar-refractivity contribution in [2.45, 2.75) is 44.9 Å². The van der Waals surface area contributed by atoms with E-state index >= 15 is 0 Å². The highest BCUT2D eigenvalue weighted by Crippen LogP contribution is 2.32. The number of aryl methyl sites for hydroxylation is 1. The standard InChI is InChI=1S/C17H25N3O/c1-12-7-4-5-9-15(12)16-18-13(2)17(21)20(16)14-8-6-10-19(3)11-14/h4-5,7,9,13-14,16,18H,6,8,10-11H2,1-3H3. The Morgan fingerprint density at radius 2 is 2.05 bits per heavy atom. The van der Waals surface area contributed by atoms with Crippen molar-refractivity contribution < 1.29 is 4.79 Å². The second-order valence-corrected chi connectivity index (χ2v) is 6.45. The summed E-state index contributed by atoms with van der Waals surface area (Å²) in [6.45, 7) is 6.20. The second-order valence-electron chi connectivity index (χ2n) is 6.45. The molecule has 1 aromatic rings. The zero-order valence-electron chi connectivity index (χ0n) is 13.2. The van der Waals surface area contributed by atoms with Gasteiger partial charge in [0.15, 0.2) is 0 Å². The number of nitrogens with one attached hydrogen (secondary N) is 1. The number of rotatable bonds is 2. The molecule has 0 spiro atoms. The molecular formula is C17H25N3O. The lowest BCUT2D eigenvalue weighted by Gasteiger charge is -2.39. The Labute approximate surface area is 127 Å². The third kappa shape index (κ3) is 2.70. The number of amides is 1. The average Bonchev–Trinajstić information content (AvgIpc) is 2.75. The molecule has 114 valence electrons. The fourth-order valence-electron chi connectivity index (χ4n) is 3.63. The van der Waals surface area contributed by atoms with Crippen LogP contribution in [0.25, 0.3) is 0 Å². The van der Waals surface area contributed by atoms with Crippen LogP contribution >= 0.6 is 0 Å². The summed E-state index contributed by atoms with van der Waals surface area (Å²) in [5.41, 5.74) is 2.47. The van der Waals surface area contributed by atoms with Crippen molar-refractivity contribution in [3.8, 4) is 0 Å². The topological polar surface area (TPSA) is 35.6 Å². The van der Waals surface area contributed by atoms with E-state index in [0.29, 0.717) is 6.04 Å². The van der Waals surface area contributed by atoms with Gasteiger partial charge in [0.25, 0.3) is 0 Å². The summed E-state index contributed by atoms with van der Waals surface area (Å²) in [6.07, 6.45) is 2.29. The van der Waals surface area contributed by atoms with Crippen LogP contribution in [0, 0.1) is 6.92 Å². The lowest BCUT2D eigenvalue weighted by atomic mass is 10.0. The van der Waals surface area contributed by atoms with E-state index < -0.39 is 0 Å². The van der Waals surface area contributed by atoms with E-state index in [1.165, 1.54) is 17.5 Å². The Kier molecular flexibility index (Phi) is 4.00. The number of piperidine rings is 1. The van der Waals surface area contributed by atoms with Crippen LogP contribution in [0.4, 0.5) is 0 Å². The van der Waals surface area contributed by atoms with Crippen molar-refractivity contribution in [2.24, 2.45) is 0 Å². The summed E-state index contributed by atoms with van der Waals surface area (Å²) in [4.78, 5) is 17.1. The van der Waals surface area contributed by atoms with Crippen LogP contribution in [-0.4, -0.2) is 47.9 Å². The van der Waals surface area contributed by atoms with Gasteiger partial charge in [-0.3, -0.25) is 10.1 Å². The Hall–Kier alpha value is -1.39. The van der Waals surface area contributed by atoms with E-state index in [1.807, 2.05) is 6.92 Å². The van der Waals surface area contributed by atoms with Gasteiger partial charge in [0.1, 0.15) is 6.17 Å². The van der Waals surface area contributed by atoms with E-state index in [9.17, 15) is 4.79 Å². The lowest BCUT2D eigenvalue weighted by Crippen LogP contribution is -2.49. The van der Waals surface area contributed by atoms with Gasteiger partial charge in [-0.2, -0.15) is 0 Å². The molecule has 1 aromatic carbocycles. The molecule has 2 aliphatic rings. The van der Waals surface area contributed by atoms with Crippen LogP contribution in [0.15, 0.2) is 24.3 Å². The largest absolute Gasteiger partial charge is 0.317 e. The van der Waals surface area contributed by atoms with Gasteiger partial charge in [-0.1, -0.05) is 24.3 Å². The minimum Gasteiger partial charge on any atom is -0.317 e. The Bertz CT molecular complexity index is 531. The van der Waals surface area contributed by atoms with E-state index in [-0.39, 0.29) is 18.1 Å². The fourth-order valence-corrected chi connectivity index (χ4v) is 3.63. The summed E-state index contributed by atoms with van der Waals surface area (Å²) < 4.78 is 0. The summed E-state index contributed by atoms with van der Waals surface area (Å²) in [7, 11) is 2.15. The molecule has 4 nitrogen and oxygen atoms in total. The van der Waals surface area contributed by atoms with E-state index in [0.717, 1.165) is 19.5 Å². The average molecular weight is 287 g/mol. The zero-order chi connectivity index (χ0) is 15.0. The molecule has 2 saturated heterocycles. The Morgan fingerprint density at radius 3 is 2.76 bits per heavy atom. The maximum absolute atomic E-state index is 12.7. The molecule has 0 aromatic heterocycles. The van der Waals surface area contributed by atoms with Crippen molar-refractivity contribution >= 4 is 5.91 Å². The van der Waals surface area contributed by atoms with Crippen molar-refractivity contribution in [3.05, 3.63) is 35.4 Å². The zero-order valence-corrected chi connectivity index (χ0v) is 13.2. The predicted molar refractivity (Wildman–Crippen MR) is 83.9 cm³/mol. The number of benzene rings is 1. The van der Waals surface area contributed by atoms with Crippen molar-refractivity contribution in [1.82, 2.24) is 15.1 Å². The first-order valence-corrected chi connectivity index (χ1v) is 7.90. The summed E-state index contributed by atoms with van der Waals surface area (Å²) in [5.74, 6) is 0.239. The third-order valence-corrected chi connectivity index (χ3v) is 4.79. The molecule has 21 heavy (non-hydrogen) atoms. The predicted octanol–water partition coefficient (Wildman–Crippen LogP) is 1.91. The molecule has 1 N–H and O–H groups in total. The molecular weight excluding hydrogens is 262 g/mol. The van der Waals surface area contributed by atoms with Gasteiger partial charge in [-0.25, -0.2) is 0 Å². The number of likely N-dealkylation sites (N-methyl/N-ethyl adjacent to an activating group) is 1. The minimum atomic E-state index is -0.0955. The molecule has 0 aliphatic carbocycles. The smallest absolute Gasteiger partial charge is 0.241 e. The number of hydrogen-bond acceptors (Lipinski definition) is 3. The highest BCUT2D eigenvalue weighted by atomic mass is 16.2. The number of hydrogen-bond donors (Lipinski definition) is 1. The maximum atomic E-state index is 12.7. The normalized spacial score (nSPS) is 30.9. The minimum absolute atomic E-state index is 0.0187. The molecule has 2 heterocycles. The molecule has 2 fully saturated rings. The van der Waals surface area contributed by atoms with Gasteiger partial charge < -0.3 is 9.80 Å². The number of likely N-dealkylation sites (tertiary alicyclic amines) is 1. The molecule has 2 aliphatic heterocycles. The van der Waals surface area contributed by atoms with Crippen molar-refractivity contribution in [3.63, 3.8) is 0 Å².